The van der Waals surface area contributed by atoms with E-state index < -0.39 is 23.6 Å². The highest BCUT2D eigenvalue weighted by Crippen LogP contribution is 2.19. The predicted molar refractivity (Wildman–Crippen MR) is 67.0 cm³/mol. The van der Waals surface area contributed by atoms with Crippen LogP contribution in [-0.4, -0.2) is 34.5 Å². The molecule has 0 saturated carbocycles. The summed E-state index contributed by atoms with van der Waals surface area (Å²) in [6, 6.07) is 2.74. The van der Waals surface area contributed by atoms with E-state index in [-0.39, 0.29) is 18.7 Å². The molecule has 0 spiro atoms. The predicted octanol–water partition coefficient (Wildman–Crippen LogP) is 1.97. The molecule has 1 amide bonds. The first-order valence-electron chi connectivity index (χ1n) is 6.45. The van der Waals surface area contributed by atoms with Gasteiger partial charge >= 0.3 is 5.97 Å². The maximum atomic E-state index is 13.0. The molecule has 1 aliphatic rings. The molecule has 1 saturated heterocycles. The monoisotopic (exact) mass is 283 g/mol. The minimum atomic E-state index is -0.997. The number of hydrogen-bond acceptors (Lipinski definition) is 2. The quantitative estimate of drug-likeness (QED) is 0.919. The number of carboxylic acid groups (broad SMARTS) is 1. The number of carboxylic acids is 1. The Morgan fingerprint density at radius 2 is 2.05 bits per heavy atom. The van der Waals surface area contributed by atoms with Gasteiger partial charge in [-0.25, -0.2) is 13.6 Å². The molecule has 1 heterocycles. The Hall–Kier alpha value is -1.98. The van der Waals surface area contributed by atoms with Crippen molar-refractivity contribution in [1.82, 2.24) is 4.90 Å². The van der Waals surface area contributed by atoms with Crippen molar-refractivity contribution in [2.24, 2.45) is 0 Å². The number of rotatable bonds is 4. The molecular formula is C14H15F2NO3. The van der Waals surface area contributed by atoms with Crippen LogP contribution in [-0.2, 0) is 16.0 Å². The molecule has 1 aliphatic heterocycles. The second-order valence-corrected chi connectivity index (χ2v) is 4.83. The molecule has 4 nitrogen and oxygen atoms in total. The molecule has 1 aromatic rings. The summed E-state index contributed by atoms with van der Waals surface area (Å²) in [6.07, 6.45) is 1.49. The van der Waals surface area contributed by atoms with E-state index >= 15 is 0 Å². The number of likely N-dealkylation sites (tertiary alicyclic amines) is 1. The van der Waals surface area contributed by atoms with Gasteiger partial charge in [0.25, 0.3) is 0 Å². The summed E-state index contributed by atoms with van der Waals surface area (Å²) < 4.78 is 25.8. The molecule has 1 fully saturated rings. The van der Waals surface area contributed by atoms with Crippen molar-refractivity contribution in [2.75, 3.05) is 6.54 Å². The molecule has 0 aromatic heterocycles. The number of carbonyl (C=O) groups is 2. The van der Waals surface area contributed by atoms with E-state index in [2.05, 4.69) is 0 Å². The minimum absolute atomic E-state index is 0.0921. The fraction of sp³-hybridized carbons (Fsp3) is 0.429. The zero-order valence-electron chi connectivity index (χ0n) is 10.8. The van der Waals surface area contributed by atoms with Gasteiger partial charge in [-0.15, -0.1) is 0 Å². The van der Waals surface area contributed by atoms with Gasteiger partial charge < -0.3 is 10.0 Å². The van der Waals surface area contributed by atoms with Gasteiger partial charge in [0.2, 0.25) is 5.91 Å². The van der Waals surface area contributed by atoms with E-state index in [4.69, 9.17) is 5.11 Å². The summed E-state index contributed by atoms with van der Waals surface area (Å²) in [7, 11) is 0. The highest BCUT2D eigenvalue weighted by molar-refractivity contribution is 5.84. The second kappa shape index (κ2) is 5.98. The second-order valence-electron chi connectivity index (χ2n) is 4.83. The van der Waals surface area contributed by atoms with Crippen LogP contribution in [0, 0.1) is 11.6 Å². The summed E-state index contributed by atoms with van der Waals surface area (Å²) >= 11 is 0. The van der Waals surface area contributed by atoms with Crippen LogP contribution in [0.25, 0.3) is 0 Å². The number of nitrogens with zero attached hydrogens (tertiary/aromatic N) is 1. The first kappa shape index (κ1) is 14.4. The Balaban J connectivity index is 1.94. The van der Waals surface area contributed by atoms with E-state index in [1.54, 1.807) is 0 Å². The zero-order valence-corrected chi connectivity index (χ0v) is 10.8. The van der Waals surface area contributed by atoms with Crippen molar-refractivity contribution in [3.05, 3.63) is 35.4 Å². The smallest absolute Gasteiger partial charge is 0.326 e. The zero-order chi connectivity index (χ0) is 14.7. The Labute approximate surface area is 115 Å². The average Bonchev–Trinajstić information content (AvgIpc) is 2.89. The number of amides is 1. The molecule has 0 radical (unpaired) electrons. The molecule has 1 atom stereocenters. The molecule has 0 aliphatic carbocycles. The standard InChI is InChI=1S/C14H15F2NO3/c15-10-5-3-9(8-11(10)16)4-6-13(18)17-7-1-2-12(17)14(19)20/h3,5,8,12H,1-2,4,6-7H2,(H,19,20). The fourth-order valence-corrected chi connectivity index (χ4v) is 2.41. The van der Waals surface area contributed by atoms with Gasteiger partial charge in [-0.3, -0.25) is 4.79 Å². The molecule has 20 heavy (non-hydrogen) atoms. The van der Waals surface area contributed by atoms with Crippen molar-refractivity contribution >= 4 is 11.9 Å². The Kier molecular flexibility index (Phi) is 4.32. The molecule has 0 bridgehead atoms. The van der Waals surface area contributed by atoms with E-state index in [0.717, 1.165) is 12.1 Å². The van der Waals surface area contributed by atoms with Crippen LogP contribution in [0.15, 0.2) is 18.2 Å². The Bertz CT molecular complexity index is 533. The SMILES string of the molecule is O=C(O)C1CCCN1C(=O)CCc1ccc(F)c(F)c1. The lowest BCUT2D eigenvalue weighted by molar-refractivity contribution is -0.148. The van der Waals surface area contributed by atoms with Crippen molar-refractivity contribution in [1.29, 1.82) is 0 Å². The normalized spacial score (nSPS) is 18.3. The Morgan fingerprint density at radius 3 is 2.70 bits per heavy atom. The van der Waals surface area contributed by atoms with Gasteiger partial charge in [-0.05, 0) is 37.0 Å². The maximum Gasteiger partial charge on any atom is 0.326 e. The number of carbonyl (C=O) groups excluding carboxylic acids is 1. The highest BCUT2D eigenvalue weighted by Gasteiger charge is 2.33. The van der Waals surface area contributed by atoms with Crippen LogP contribution in [0.1, 0.15) is 24.8 Å². The van der Waals surface area contributed by atoms with Gasteiger partial charge in [0.15, 0.2) is 11.6 Å². The first-order valence-corrected chi connectivity index (χ1v) is 6.45. The largest absolute Gasteiger partial charge is 0.480 e. The summed E-state index contributed by atoms with van der Waals surface area (Å²) in [5.74, 6) is -3.13. The average molecular weight is 283 g/mol. The summed E-state index contributed by atoms with van der Waals surface area (Å²) in [5, 5.41) is 9.00. The van der Waals surface area contributed by atoms with E-state index in [9.17, 15) is 18.4 Å². The van der Waals surface area contributed by atoms with Crippen molar-refractivity contribution in [2.45, 2.75) is 31.7 Å². The number of halogens is 2. The lowest BCUT2D eigenvalue weighted by atomic mass is 10.1. The lowest BCUT2D eigenvalue weighted by Crippen LogP contribution is -2.40. The third-order valence-corrected chi connectivity index (χ3v) is 3.47. The fourth-order valence-electron chi connectivity index (χ4n) is 2.41. The van der Waals surface area contributed by atoms with Crippen LogP contribution in [0.5, 0.6) is 0 Å². The molecule has 1 N–H and O–H groups in total. The first-order chi connectivity index (χ1) is 9.49. The minimum Gasteiger partial charge on any atom is -0.480 e. The number of aryl methyl sites for hydroxylation is 1. The topological polar surface area (TPSA) is 57.6 Å². The Morgan fingerprint density at radius 1 is 1.30 bits per heavy atom. The number of benzene rings is 1. The van der Waals surface area contributed by atoms with Crippen molar-refractivity contribution in [3.63, 3.8) is 0 Å². The molecular weight excluding hydrogens is 268 g/mol. The third kappa shape index (κ3) is 3.12. The van der Waals surface area contributed by atoms with Crippen LogP contribution in [0.3, 0.4) is 0 Å². The third-order valence-electron chi connectivity index (χ3n) is 3.47. The van der Waals surface area contributed by atoms with Crippen molar-refractivity contribution < 1.29 is 23.5 Å². The number of hydrogen-bond donors (Lipinski definition) is 1. The molecule has 108 valence electrons. The number of aliphatic carboxylic acids is 1. The summed E-state index contributed by atoms with van der Waals surface area (Å²) in [4.78, 5) is 24.3. The maximum absolute atomic E-state index is 13.0. The van der Waals surface area contributed by atoms with E-state index in [0.29, 0.717) is 24.9 Å². The van der Waals surface area contributed by atoms with E-state index in [1.165, 1.54) is 11.0 Å². The summed E-state index contributed by atoms with van der Waals surface area (Å²) in [6.45, 7) is 0.438. The van der Waals surface area contributed by atoms with Gasteiger partial charge in [-0.1, -0.05) is 6.07 Å². The summed E-state index contributed by atoms with van der Waals surface area (Å²) in [5.41, 5.74) is 0.517. The lowest BCUT2D eigenvalue weighted by Gasteiger charge is -2.21. The molecule has 6 heteroatoms. The van der Waals surface area contributed by atoms with Crippen LogP contribution in [0.4, 0.5) is 8.78 Å². The van der Waals surface area contributed by atoms with E-state index in [1.807, 2.05) is 0 Å². The van der Waals surface area contributed by atoms with Crippen LogP contribution < -0.4 is 0 Å². The van der Waals surface area contributed by atoms with Gasteiger partial charge in [0.05, 0.1) is 0 Å². The van der Waals surface area contributed by atoms with Gasteiger partial charge in [0, 0.05) is 13.0 Å². The van der Waals surface area contributed by atoms with Gasteiger partial charge in [0.1, 0.15) is 6.04 Å². The molecule has 1 aromatic carbocycles. The van der Waals surface area contributed by atoms with Crippen LogP contribution >= 0.6 is 0 Å². The highest BCUT2D eigenvalue weighted by atomic mass is 19.2. The molecule has 1 unspecified atom stereocenters. The van der Waals surface area contributed by atoms with Crippen molar-refractivity contribution in [3.8, 4) is 0 Å². The van der Waals surface area contributed by atoms with Crippen LogP contribution in [0.2, 0.25) is 0 Å². The van der Waals surface area contributed by atoms with Gasteiger partial charge in [-0.2, -0.15) is 0 Å². The molecule has 2 rings (SSSR count).